The minimum atomic E-state index is -0.244. The Morgan fingerprint density at radius 3 is 2.69 bits per heavy atom. The van der Waals surface area contributed by atoms with E-state index in [1.807, 2.05) is 6.92 Å². The lowest BCUT2D eigenvalue weighted by molar-refractivity contribution is 0.586. The van der Waals surface area contributed by atoms with Crippen LogP contribution in [-0.2, 0) is 6.54 Å². The van der Waals surface area contributed by atoms with Crippen molar-refractivity contribution >= 4 is 21.7 Å². The van der Waals surface area contributed by atoms with Crippen molar-refractivity contribution in [2.24, 2.45) is 0 Å². The molecule has 1 aromatic carbocycles. The van der Waals surface area contributed by atoms with Crippen LogP contribution < -0.4 is 5.73 Å². The molecule has 0 bridgehead atoms. The largest absolute Gasteiger partial charge is 0.383 e. The van der Waals surface area contributed by atoms with Crippen LogP contribution in [0.25, 0.3) is 0 Å². The number of hydrogen-bond acceptors (Lipinski definition) is 2. The molecule has 84 valence electrons. The lowest BCUT2D eigenvalue weighted by Gasteiger charge is -2.05. The highest BCUT2D eigenvalue weighted by Gasteiger charge is 2.11. The van der Waals surface area contributed by atoms with Gasteiger partial charge in [0.15, 0.2) is 0 Å². The average Bonchev–Trinajstić information content (AvgIpc) is 2.50. The average molecular weight is 284 g/mol. The highest BCUT2D eigenvalue weighted by atomic mass is 79.9. The van der Waals surface area contributed by atoms with Crippen LogP contribution in [0.2, 0.25) is 0 Å². The van der Waals surface area contributed by atoms with Crippen LogP contribution in [0.3, 0.4) is 0 Å². The summed E-state index contributed by atoms with van der Waals surface area (Å²) in [6.07, 6.45) is 0. The molecule has 2 aromatic rings. The Kier molecular flexibility index (Phi) is 2.96. The smallest absolute Gasteiger partial charge is 0.136 e. The Bertz CT molecular complexity index is 522. The first kappa shape index (κ1) is 11.1. The molecule has 0 unspecified atom stereocenters. The molecule has 2 N–H and O–H groups in total. The predicted octanol–water partition coefficient (Wildman–Crippen LogP) is 2.72. The maximum absolute atomic E-state index is 13.4. The maximum atomic E-state index is 13.4. The molecule has 2 rings (SSSR count). The number of benzene rings is 1. The molecule has 0 amide bonds. The van der Waals surface area contributed by atoms with Crippen LogP contribution in [0.1, 0.15) is 11.3 Å². The van der Waals surface area contributed by atoms with Crippen molar-refractivity contribution < 1.29 is 4.39 Å². The highest BCUT2D eigenvalue weighted by molar-refractivity contribution is 9.10. The first-order chi connectivity index (χ1) is 7.59. The molecule has 0 atom stereocenters. The van der Waals surface area contributed by atoms with Gasteiger partial charge in [-0.15, -0.1) is 0 Å². The number of nitrogens with zero attached hydrogens (tertiary/aromatic N) is 2. The summed E-state index contributed by atoms with van der Waals surface area (Å²) in [6.45, 7) is 2.18. The number of hydrogen-bond donors (Lipinski definition) is 1. The lowest BCUT2D eigenvalue weighted by Crippen LogP contribution is -2.07. The van der Waals surface area contributed by atoms with E-state index >= 15 is 0 Å². The fraction of sp³-hybridized carbons (Fsp3) is 0.182. The monoisotopic (exact) mass is 283 g/mol. The van der Waals surface area contributed by atoms with Crippen LogP contribution in [-0.4, -0.2) is 9.78 Å². The minimum absolute atomic E-state index is 0.244. The van der Waals surface area contributed by atoms with E-state index in [1.165, 1.54) is 6.07 Å². The predicted molar refractivity (Wildman–Crippen MR) is 64.6 cm³/mol. The maximum Gasteiger partial charge on any atom is 0.136 e. The van der Waals surface area contributed by atoms with E-state index in [4.69, 9.17) is 5.73 Å². The quantitative estimate of drug-likeness (QED) is 0.921. The summed E-state index contributed by atoms with van der Waals surface area (Å²) < 4.78 is 15.8. The van der Waals surface area contributed by atoms with Crippen LogP contribution in [0.4, 0.5) is 10.2 Å². The van der Waals surface area contributed by atoms with Crippen LogP contribution >= 0.6 is 15.9 Å². The highest BCUT2D eigenvalue weighted by Crippen LogP contribution is 2.23. The number of anilines is 1. The fourth-order valence-electron chi connectivity index (χ4n) is 1.49. The molecule has 16 heavy (non-hydrogen) atoms. The molecule has 0 saturated carbocycles. The van der Waals surface area contributed by atoms with Crippen molar-refractivity contribution in [1.29, 1.82) is 0 Å². The molecule has 0 aliphatic heterocycles. The Labute approximate surface area is 101 Å². The zero-order valence-corrected chi connectivity index (χ0v) is 10.3. The summed E-state index contributed by atoms with van der Waals surface area (Å²) in [7, 11) is 0. The van der Waals surface area contributed by atoms with Gasteiger partial charge in [-0.05, 0) is 28.9 Å². The Morgan fingerprint density at radius 1 is 1.44 bits per heavy atom. The van der Waals surface area contributed by atoms with Gasteiger partial charge in [0.1, 0.15) is 11.6 Å². The Hall–Kier alpha value is -1.36. The van der Waals surface area contributed by atoms with E-state index in [-0.39, 0.29) is 5.82 Å². The summed E-state index contributed by atoms with van der Waals surface area (Å²) >= 11 is 3.33. The number of halogens is 2. The summed E-state index contributed by atoms with van der Waals surface area (Å²) in [5.41, 5.74) is 7.21. The lowest BCUT2D eigenvalue weighted by atomic mass is 10.2. The van der Waals surface area contributed by atoms with Crippen molar-refractivity contribution in [2.75, 3.05) is 5.73 Å². The molecule has 1 aromatic heterocycles. The molecular weight excluding hydrogens is 273 g/mol. The van der Waals surface area contributed by atoms with Gasteiger partial charge >= 0.3 is 0 Å². The second-order valence-electron chi connectivity index (χ2n) is 3.53. The van der Waals surface area contributed by atoms with Gasteiger partial charge in [-0.2, -0.15) is 5.10 Å². The zero-order valence-electron chi connectivity index (χ0n) is 8.74. The molecule has 0 spiro atoms. The van der Waals surface area contributed by atoms with Crippen molar-refractivity contribution in [3.63, 3.8) is 0 Å². The van der Waals surface area contributed by atoms with E-state index < -0.39 is 0 Å². The van der Waals surface area contributed by atoms with Crippen LogP contribution in [0, 0.1) is 12.7 Å². The molecule has 0 radical (unpaired) electrons. The standard InChI is InChI=1S/C11H11BrFN3/c1-7-10(12)11(14)16(15-7)6-8-4-2-3-5-9(8)13/h2-5H,6,14H2,1H3. The molecule has 0 saturated heterocycles. The van der Waals surface area contributed by atoms with Gasteiger partial charge in [0.2, 0.25) is 0 Å². The zero-order chi connectivity index (χ0) is 11.7. The number of nitrogens with two attached hydrogens (primary N) is 1. The van der Waals surface area contributed by atoms with Crippen LogP contribution in [0.5, 0.6) is 0 Å². The van der Waals surface area contributed by atoms with E-state index in [1.54, 1.807) is 22.9 Å². The molecule has 0 aliphatic carbocycles. The van der Waals surface area contributed by atoms with Gasteiger partial charge in [-0.1, -0.05) is 18.2 Å². The van der Waals surface area contributed by atoms with Gasteiger partial charge in [0, 0.05) is 5.56 Å². The second kappa shape index (κ2) is 4.25. The van der Waals surface area contributed by atoms with Crippen molar-refractivity contribution in [1.82, 2.24) is 9.78 Å². The van der Waals surface area contributed by atoms with Gasteiger partial charge in [-0.3, -0.25) is 0 Å². The van der Waals surface area contributed by atoms with Gasteiger partial charge in [0.25, 0.3) is 0 Å². The number of nitrogen functional groups attached to an aromatic ring is 1. The van der Waals surface area contributed by atoms with E-state index in [2.05, 4.69) is 21.0 Å². The van der Waals surface area contributed by atoms with E-state index in [0.717, 1.165) is 10.2 Å². The number of aromatic nitrogens is 2. The summed E-state index contributed by atoms with van der Waals surface area (Å²) in [6, 6.07) is 6.60. The van der Waals surface area contributed by atoms with E-state index in [0.29, 0.717) is 17.9 Å². The van der Waals surface area contributed by atoms with Gasteiger partial charge in [0.05, 0.1) is 16.7 Å². The first-order valence-corrected chi connectivity index (χ1v) is 5.60. The Balaban J connectivity index is 2.34. The summed E-state index contributed by atoms with van der Waals surface area (Å²) in [5.74, 6) is 0.270. The van der Waals surface area contributed by atoms with E-state index in [9.17, 15) is 4.39 Å². The topological polar surface area (TPSA) is 43.8 Å². The minimum Gasteiger partial charge on any atom is -0.383 e. The van der Waals surface area contributed by atoms with Crippen molar-refractivity contribution in [3.05, 3.63) is 45.8 Å². The number of rotatable bonds is 2. The molecule has 0 fully saturated rings. The third kappa shape index (κ3) is 1.95. The molecule has 3 nitrogen and oxygen atoms in total. The normalized spacial score (nSPS) is 10.7. The first-order valence-electron chi connectivity index (χ1n) is 4.81. The third-order valence-corrected chi connectivity index (χ3v) is 3.35. The van der Waals surface area contributed by atoms with Gasteiger partial charge < -0.3 is 5.73 Å². The second-order valence-corrected chi connectivity index (χ2v) is 4.33. The van der Waals surface area contributed by atoms with Gasteiger partial charge in [-0.25, -0.2) is 9.07 Å². The molecule has 1 heterocycles. The van der Waals surface area contributed by atoms with Crippen molar-refractivity contribution in [3.8, 4) is 0 Å². The summed E-state index contributed by atoms with van der Waals surface area (Å²) in [5, 5.41) is 4.22. The number of aryl methyl sites for hydroxylation is 1. The molecule has 5 heteroatoms. The summed E-state index contributed by atoms with van der Waals surface area (Å²) in [4.78, 5) is 0. The Morgan fingerprint density at radius 2 is 2.12 bits per heavy atom. The third-order valence-electron chi connectivity index (χ3n) is 2.37. The molecule has 0 aliphatic rings. The SMILES string of the molecule is Cc1nn(Cc2ccccc2F)c(N)c1Br. The van der Waals surface area contributed by atoms with Crippen molar-refractivity contribution in [2.45, 2.75) is 13.5 Å². The molecular formula is C11H11BrFN3. The van der Waals surface area contributed by atoms with Crippen LogP contribution in [0.15, 0.2) is 28.7 Å². The fourth-order valence-corrected chi connectivity index (χ4v) is 1.77.